The van der Waals surface area contributed by atoms with Crippen LogP contribution < -0.4 is 16.6 Å². The van der Waals surface area contributed by atoms with E-state index in [2.05, 4.69) is 20.5 Å². The van der Waals surface area contributed by atoms with E-state index in [1.54, 1.807) is 0 Å². The number of hydrogen-bond acceptors (Lipinski definition) is 4. The number of pyridine rings is 1. The smallest absolute Gasteiger partial charge is 0.273 e. The Morgan fingerprint density at radius 3 is 2.88 bits per heavy atom. The molecular formula is C9H9N5O2. The van der Waals surface area contributed by atoms with Gasteiger partial charge in [-0.1, -0.05) is 6.07 Å². The van der Waals surface area contributed by atoms with E-state index < -0.39 is 5.91 Å². The number of nitrogens with zero attached hydrogens (tertiary/aromatic N) is 1. The monoisotopic (exact) mass is 219 g/mol. The average molecular weight is 219 g/mol. The van der Waals surface area contributed by atoms with Gasteiger partial charge in [-0.25, -0.2) is 0 Å². The summed E-state index contributed by atoms with van der Waals surface area (Å²) in [6, 6.07) is 4.30. The molecule has 82 valence electrons. The number of amides is 1. The number of nitrogens with one attached hydrogen (secondary N) is 3. The first-order chi connectivity index (χ1) is 7.66. The predicted octanol–water partition coefficient (Wildman–Crippen LogP) is -0.0675. The molecule has 16 heavy (non-hydrogen) atoms. The van der Waals surface area contributed by atoms with Crippen LogP contribution in [0, 0.1) is 0 Å². The zero-order valence-corrected chi connectivity index (χ0v) is 8.15. The fourth-order valence-electron chi connectivity index (χ4n) is 1.16. The third-order valence-corrected chi connectivity index (χ3v) is 1.92. The van der Waals surface area contributed by atoms with Crippen molar-refractivity contribution in [1.29, 1.82) is 0 Å². The Hall–Kier alpha value is -2.57. The second kappa shape index (κ2) is 3.89. The van der Waals surface area contributed by atoms with Crippen molar-refractivity contribution >= 4 is 17.4 Å². The Kier molecular flexibility index (Phi) is 2.42. The molecule has 0 aliphatic carbocycles. The molecule has 0 saturated carbocycles. The van der Waals surface area contributed by atoms with Crippen LogP contribution in [-0.2, 0) is 0 Å². The van der Waals surface area contributed by atoms with Crippen molar-refractivity contribution in [3.05, 3.63) is 40.4 Å². The van der Waals surface area contributed by atoms with Gasteiger partial charge in [0, 0.05) is 6.07 Å². The highest BCUT2D eigenvalue weighted by Gasteiger charge is 2.09. The molecule has 5 N–H and O–H groups in total. The number of aromatic amines is 2. The molecule has 0 aliphatic rings. The lowest BCUT2D eigenvalue weighted by Crippen LogP contribution is -2.18. The van der Waals surface area contributed by atoms with E-state index in [1.807, 2.05) is 0 Å². The minimum absolute atomic E-state index is 0.154. The van der Waals surface area contributed by atoms with E-state index in [9.17, 15) is 9.59 Å². The van der Waals surface area contributed by atoms with Crippen molar-refractivity contribution in [3.63, 3.8) is 0 Å². The number of aromatic nitrogens is 3. The van der Waals surface area contributed by atoms with Gasteiger partial charge >= 0.3 is 0 Å². The number of nitrogens with two attached hydrogens (primary N) is 1. The quantitative estimate of drug-likeness (QED) is 0.565. The summed E-state index contributed by atoms with van der Waals surface area (Å²) in [4.78, 5) is 25.0. The van der Waals surface area contributed by atoms with Crippen molar-refractivity contribution < 1.29 is 4.79 Å². The number of rotatable bonds is 2. The van der Waals surface area contributed by atoms with Crippen molar-refractivity contribution in [2.45, 2.75) is 0 Å². The first-order valence-electron chi connectivity index (χ1n) is 4.46. The fraction of sp³-hybridized carbons (Fsp3) is 0. The first kappa shape index (κ1) is 9.97. The highest BCUT2D eigenvalue weighted by atomic mass is 16.2. The number of H-pyrrole nitrogens is 2. The minimum atomic E-state index is -0.464. The lowest BCUT2D eigenvalue weighted by Gasteiger charge is -2.02. The molecule has 2 aromatic rings. The Morgan fingerprint density at radius 1 is 1.44 bits per heavy atom. The van der Waals surface area contributed by atoms with E-state index in [-0.39, 0.29) is 11.3 Å². The fourth-order valence-corrected chi connectivity index (χ4v) is 1.16. The standard InChI is InChI=1S/C9H9N5O2/c10-5-4-11-14-8(5)13-9(16)6-2-1-3-7(15)12-6/h1-4H,10H2,(H,12,15)(H2,11,13,14,16). The van der Waals surface area contributed by atoms with E-state index in [4.69, 9.17) is 5.73 Å². The average Bonchev–Trinajstić information content (AvgIpc) is 2.64. The summed E-state index contributed by atoms with van der Waals surface area (Å²) in [6.45, 7) is 0. The minimum Gasteiger partial charge on any atom is -0.394 e. The van der Waals surface area contributed by atoms with Crippen LogP contribution >= 0.6 is 0 Å². The zero-order chi connectivity index (χ0) is 11.5. The first-order valence-corrected chi connectivity index (χ1v) is 4.46. The number of carbonyl (C=O) groups is 1. The van der Waals surface area contributed by atoms with Gasteiger partial charge < -0.3 is 16.0 Å². The molecule has 2 heterocycles. The summed E-state index contributed by atoms with van der Waals surface area (Å²) in [6.07, 6.45) is 1.38. The summed E-state index contributed by atoms with van der Waals surface area (Å²) in [5, 5.41) is 8.65. The third-order valence-electron chi connectivity index (χ3n) is 1.92. The number of carbonyl (C=O) groups excluding carboxylic acids is 1. The highest BCUT2D eigenvalue weighted by Crippen LogP contribution is 2.12. The maximum Gasteiger partial charge on any atom is 0.273 e. The number of nitrogen functional groups attached to an aromatic ring is 1. The Balaban J connectivity index is 2.21. The van der Waals surface area contributed by atoms with Crippen LogP contribution in [0.25, 0.3) is 0 Å². The van der Waals surface area contributed by atoms with Crippen molar-refractivity contribution in [2.75, 3.05) is 11.1 Å². The highest BCUT2D eigenvalue weighted by molar-refractivity contribution is 6.03. The molecule has 0 spiro atoms. The van der Waals surface area contributed by atoms with Gasteiger partial charge in [-0.3, -0.25) is 14.7 Å². The topological polar surface area (TPSA) is 117 Å². The Labute approximate surface area is 89.7 Å². The van der Waals surface area contributed by atoms with Gasteiger partial charge in [-0.05, 0) is 6.07 Å². The van der Waals surface area contributed by atoms with Gasteiger partial charge in [0.05, 0.1) is 11.9 Å². The molecule has 2 rings (SSSR count). The molecule has 7 heteroatoms. The molecule has 0 unspecified atom stereocenters. The maximum atomic E-state index is 11.6. The molecule has 0 bridgehead atoms. The van der Waals surface area contributed by atoms with Crippen molar-refractivity contribution in [2.24, 2.45) is 0 Å². The molecule has 0 saturated heterocycles. The molecule has 0 radical (unpaired) electrons. The summed E-state index contributed by atoms with van der Waals surface area (Å²) in [7, 11) is 0. The lowest BCUT2D eigenvalue weighted by atomic mass is 10.3. The molecular weight excluding hydrogens is 210 g/mol. The van der Waals surface area contributed by atoms with Crippen molar-refractivity contribution in [3.8, 4) is 0 Å². The van der Waals surface area contributed by atoms with Crippen LogP contribution in [0.2, 0.25) is 0 Å². The molecule has 0 fully saturated rings. The van der Waals surface area contributed by atoms with Crippen LogP contribution in [0.15, 0.2) is 29.2 Å². The predicted molar refractivity (Wildman–Crippen MR) is 58.0 cm³/mol. The van der Waals surface area contributed by atoms with Gasteiger partial charge in [0.15, 0.2) is 5.82 Å². The molecule has 7 nitrogen and oxygen atoms in total. The van der Waals surface area contributed by atoms with Crippen LogP contribution in [0.4, 0.5) is 11.5 Å². The van der Waals surface area contributed by atoms with Gasteiger partial charge in [0.25, 0.3) is 5.91 Å². The van der Waals surface area contributed by atoms with E-state index in [0.717, 1.165) is 0 Å². The van der Waals surface area contributed by atoms with Crippen molar-refractivity contribution in [1.82, 2.24) is 15.2 Å². The normalized spacial score (nSPS) is 10.0. The molecule has 0 atom stereocenters. The molecule has 1 amide bonds. The Bertz CT molecular complexity index is 571. The molecule has 2 aromatic heterocycles. The van der Waals surface area contributed by atoms with Gasteiger partial charge in [0.2, 0.25) is 5.56 Å². The van der Waals surface area contributed by atoms with Crippen LogP contribution in [-0.4, -0.2) is 21.1 Å². The molecule has 0 aromatic carbocycles. The SMILES string of the molecule is Nc1cn[nH]c1NC(=O)c1cccc(=O)[nH]1. The third kappa shape index (κ3) is 1.92. The van der Waals surface area contributed by atoms with E-state index in [0.29, 0.717) is 11.5 Å². The van der Waals surface area contributed by atoms with E-state index in [1.165, 1.54) is 24.4 Å². The second-order valence-electron chi connectivity index (χ2n) is 3.08. The largest absolute Gasteiger partial charge is 0.394 e. The van der Waals surface area contributed by atoms with Crippen LogP contribution in [0.1, 0.15) is 10.5 Å². The van der Waals surface area contributed by atoms with Gasteiger partial charge in [-0.15, -0.1) is 0 Å². The van der Waals surface area contributed by atoms with Gasteiger partial charge in [-0.2, -0.15) is 5.10 Å². The second-order valence-corrected chi connectivity index (χ2v) is 3.08. The summed E-state index contributed by atoms with van der Waals surface area (Å²) >= 11 is 0. The summed E-state index contributed by atoms with van der Waals surface area (Å²) in [5.41, 5.74) is 5.65. The molecule has 0 aliphatic heterocycles. The lowest BCUT2D eigenvalue weighted by molar-refractivity contribution is 0.102. The summed E-state index contributed by atoms with van der Waals surface area (Å²) in [5.74, 6) is -0.164. The van der Waals surface area contributed by atoms with Crippen LogP contribution in [0.5, 0.6) is 0 Å². The number of hydrogen-bond donors (Lipinski definition) is 4. The van der Waals surface area contributed by atoms with E-state index >= 15 is 0 Å². The maximum absolute atomic E-state index is 11.6. The van der Waals surface area contributed by atoms with Gasteiger partial charge in [0.1, 0.15) is 5.69 Å². The number of anilines is 2. The summed E-state index contributed by atoms with van der Waals surface area (Å²) < 4.78 is 0. The Morgan fingerprint density at radius 2 is 2.25 bits per heavy atom. The van der Waals surface area contributed by atoms with Crippen LogP contribution in [0.3, 0.4) is 0 Å². The zero-order valence-electron chi connectivity index (χ0n) is 8.15.